The molecular weight excluding hydrogens is 508 g/mol. The second kappa shape index (κ2) is 8.64. The van der Waals surface area contributed by atoms with Gasteiger partial charge in [-0.15, -0.1) is 0 Å². The van der Waals surface area contributed by atoms with Crippen LogP contribution in [0.15, 0.2) is 96.1 Å². The Morgan fingerprint density at radius 2 is 0.850 bits per heavy atom. The van der Waals surface area contributed by atoms with Crippen molar-refractivity contribution in [3.05, 3.63) is 129 Å². The lowest BCUT2D eigenvalue weighted by molar-refractivity contribution is -0.137. The summed E-state index contributed by atoms with van der Waals surface area (Å²) < 4.78 is 0. The monoisotopic (exact) mass is 528 g/mol. The van der Waals surface area contributed by atoms with Crippen LogP contribution in [0.3, 0.4) is 0 Å². The van der Waals surface area contributed by atoms with Gasteiger partial charge in [-0.05, 0) is 23.3 Å². The molecule has 0 spiro atoms. The van der Waals surface area contributed by atoms with Crippen molar-refractivity contribution in [2.45, 2.75) is 13.1 Å². The van der Waals surface area contributed by atoms with Gasteiger partial charge in [0.2, 0.25) is 0 Å². The fraction of sp³-hybridized carbons (Fsp3) is 0.125. The van der Waals surface area contributed by atoms with Gasteiger partial charge in [0.15, 0.2) is 11.6 Å². The number of hydrogen-bond donors (Lipinski definition) is 0. The predicted octanol–water partition coefficient (Wildman–Crippen LogP) is 3.53. The zero-order chi connectivity index (χ0) is 27.7. The maximum absolute atomic E-state index is 13.7. The Morgan fingerprint density at radius 1 is 0.475 bits per heavy atom. The van der Waals surface area contributed by atoms with E-state index in [-0.39, 0.29) is 46.5 Å². The van der Waals surface area contributed by atoms with E-state index in [0.717, 1.165) is 20.9 Å². The number of nitrogens with zero attached hydrogens (tertiary/aromatic N) is 2. The summed E-state index contributed by atoms with van der Waals surface area (Å²) in [5, 5.41) is 0. The van der Waals surface area contributed by atoms with Crippen LogP contribution in [0.25, 0.3) is 0 Å². The van der Waals surface area contributed by atoms with E-state index >= 15 is 0 Å². The fourth-order valence-corrected chi connectivity index (χ4v) is 5.90. The minimum absolute atomic E-state index is 0.0410. The molecule has 2 aliphatic carbocycles. The molecule has 8 heteroatoms. The van der Waals surface area contributed by atoms with Gasteiger partial charge in [-0.2, -0.15) is 0 Å². The van der Waals surface area contributed by atoms with Crippen molar-refractivity contribution >= 4 is 35.2 Å². The first kappa shape index (κ1) is 23.8. The van der Waals surface area contributed by atoms with Crippen LogP contribution >= 0.6 is 0 Å². The molecule has 4 aliphatic rings. The first-order valence-electron chi connectivity index (χ1n) is 12.8. The van der Waals surface area contributed by atoms with Crippen LogP contribution in [0.4, 0.5) is 0 Å². The molecule has 2 aliphatic heterocycles. The summed E-state index contributed by atoms with van der Waals surface area (Å²) in [6.45, 7) is 0.133. The third kappa shape index (κ3) is 3.39. The second-order valence-corrected chi connectivity index (χ2v) is 10.2. The second-order valence-electron chi connectivity index (χ2n) is 10.2. The Kier molecular flexibility index (Phi) is 5.15. The summed E-state index contributed by atoms with van der Waals surface area (Å²) >= 11 is 0. The highest BCUT2D eigenvalue weighted by Gasteiger charge is 2.49. The van der Waals surface area contributed by atoms with Crippen LogP contribution in [-0.4, -0.2) is 45.0 Å². The maximum Gasteiger partial charge on any atom is 0.261 e. The smallest absolute Gasteiger partial charge is 0.261 e. The average Bonchev–Trinajstić information content (AvgIpc) is 3.35. The van der Waals surface area contributed by atoms with E-state index < -0.39 is 47.0 Å². The van der Waals surface area contributed by atoms with Crippen molar-refractivity contribution < 1.29 is 28.8 Å². The lowest BCUT2D eigenvalue weighted by Crippen LogP contribution is -2.37. The maximum atomic E-state index is 13.7. The van der Waals surface area contributed by atoms with Crippen molar-refractivity contribution in [1.29, 1.82) is 0 Å². The lowest BCUT2D eigenvalue weighted by Gasteiger charge is -2.30. The molecule has 1 fully saturated rings. The molecule has 3 aromatic carbocycles. The number of fused-ring (bicyclic) bond motifs is 4. The van der Waals surface area contributed by atoms with E-state index in [0.29, 0.717) is 0 Å². The molecule has 0 aromatic heterocycles. The van der Waals surface area contributed by atoms with Crippen molar-refractivity contribution in [1.82, 2.24) is 9.80 Å². The number of Topliss-reactive ketones (excluding diaryl/α,β-unsaturated/α-hetero) is 2. The van der Waals surface area contributed by atoms with Crippen LogP contribution < -0.4 is 0 Å². The summed E-state index contributed by atoms with van der Waals surface area (Å²) in [5.41, 5.74) is 1.96. The molecular formula is C32H20N2O6. The highest BCUT2D eigenvalue weighted by Crippen LogP contribution is 2.42. The molecule has 2 heterocycles. The van der Waals surface area contributed by atoms with Crippen molar-refractivity contribution in [2.75, 3.05) is 0 Å². The van der Waals surface area contributed by atoms with E-state index in [1.807, 2.05) is 24.3 Å². The fourth-order valence-electron chi connectivity index (χ4n) is 5.90. The minimum Gasteiger partial charge on any atom is -0.293 e. The van der Waals surface area contributed by atoms with Crippen LogP contribution in [0.5, 0.6) is 0 Å². The first-order valence-corrected chi connectivity index (χ1v) is 12.8. The highest BCUT2D eigenvalue weighted by molar-refractivity contribution is 6.28. The molecule has 2 atom stereocenters. The number of ketones is 2. The molecule has 40 heavy (non-hydrogen) atoms. The van der Waals surface area contributed by atoms with Gasteiger partial charge in [0.05, 0.1) is 36.1 Å². The quantitative estimate of drug-likeness (QED) is 0.480. The third-order valence-electron chi connectivity index (χ3n) is 7.93. The van der Waals surface area contributed by atoms with E-state index in [1.54, 1.807) is 36.4 Å². The molecule has 8 nitrogen and oxygen atoms in total. The topological polar surface area (TPSA) is 109 Å². The predicted molar refractivity (Wildman–Crippen MR) is 141 cm³/mol. The molecule has 2 unspecified atom stereocenters. The van der Waals surface area contributed by atoms with Gasteiger partial charge >= 0.3 is 0 Å². The number of amides is 4. The molecule has 0 radical (unpaired) electrons. The Morgan fingerprint density at radius 3 is 1.25 bits per heavy atom. The van der Waals surface area contributed by atoms with E-state index in [2.05, 4.69) is 0 Å². The minimum atomic E-state index is -0.988. The van der Waals surface area contributed by atoms with Gasteiger partial charge in [-0.3, -0.25) is 38.6 Å². The molecule has 0 bridgehead atoms. The molecule has 194 valence electrons. The molecule has 4 amide bonds. The van der Waals surface area contributed by atoms with Crippen molar-refractivity contribution in [3.8, 4) is 0 Å². The molecule has 1 saturated heterocycles. The first-order chi connectivity index (χ1) is 19.3. The number of carbonyl (C=O) groups excluding carboxylic acids is 6. The normalized spacial score (nSPS) is 21.2. The Bertz CT molecular complexity index is 1680. The van der Waals surface area contributed by atoms with E-state index in [1.165, 1.54) is 24.3 Å². The summed E-state index contributed by atoms with van der Waals surface area (Å²) in [4.78, 5) is 82.3. The van der Waals surface area contributed by atoms with E-state index in [4.69, 9.17) is 0 Å². The molecule has 3 aromatic rings. The number of imide groups is 2. The van der Waals surface area contributed by atoms with Gasteiger partial charge in [0.25, 0.3) is 23.6 Å². The number of hydrogen-bond acceptors (Lipinski definition) is 6. The SMILES string of the molecule is O=C1c2cc3c(cc2C(=O)C2C=C4C(=O)N(Cc5ccccc5)C(=O)C4=CC12)C(=O)N(Cc1ccccc1)C3=O. The molecule has 7 rings (SSSR count). The van der Waals surface area contributed by atoms with Gasteiger partial charge < -0.3 is 0 Å². The zero-order valence-corrected chi connectivity index (χ0v) is 21.0. The highest BCUT2D eigenvalue weighted by atomic mass is 16.2. The Hall–Kier alpha value is -5.24. The number of rotatable bonds is 4. The van der Waals surface area contributed by atoms with Gasteiger partial charge in [0, 0.05) is 22.3 Å². The molecule has 0 saturated carbocycles. The zero-order valence-electron chi connectivity index (χ0n) is 21.0. The lowest BCUT2D eigenvalue weighted by atomic mass is 9.69. The van der Waals surface area contributed by atoms with Gasteiger partial charge in [-0.1, -0.05) is 72.8 Å². The van der Waals surface area contributed by atoms with Crippen molar-refractivity contribution in [2.24, 2.45) is 11.8 Å². The summed E-state index contributed by atoms with van der Waals surface area (Å²) in [7, 11) is 0. The van der Waals surface area contributed by atoms with Crippen molar-refractivity contribution in [3.63, 3.8) is 0 Å². The van der Waals surface area contributed by atoms with Crippen LogP contribution in [-0.2, 0) is 22.7 Å². The van der Waals surface area contributed by atoms with Crippen LogP contribution in [0.2, 0.25) is 0 Å². The average molecular weight is 529 g/mol. The largest absolute Gasteiger partial charge is 0.293 e. The van der Waals surface area contributed by atoms with Gasteiger partial charge in [-0.25, -0.2) is 0 Å². The Balaban J connectivity index is 1.23. The Labute approximate surface area is 228 Å². The summed E-state index contributed by atoms with van der Waals surface area (Å²) in [6, 6.07) is 20.7. The summed E-state index contributed by atoms with van der Waals surface area (Å²) in [6.07, 6.45) is 2.83. The van der Waals surface area contributed by atoms with Crippen LogP contribution in [0.1, 0.15) is 52.6 Å². The van der Waals surface area contributed by atoms with Gasteiger partial charge in [0.1, 0.15) is 0 Å². The van der Waals surface area contributed by atoms with E-state index in [9.17, 15) is 28.8 Å². The molecule has 0 N–H and O–H groups in total. The number of allylic oxidation sites excluding steroid dienone is 2. The third-order valence-corrected chi connectivity index (χ3v) is 7.93. The summed E-state index contributed by atoms with van der Waals surface area (Å²) in [5.74, 6) is -4.96. The number of carbonyl (C=O) groups is 6. The number of benzene rings is 3. The van der Waals surface area contributed by atoms with Crippen LogP contribution in [0, 0.1) is 11.8 Å². The number of likely N-dealkylation sites (tertiary alicyclic amines) is 1. The standard InChI is InChI=1S/C32H20N2O6/c35-27-19-11-23-24(30(38)33(29(23)37)15-17-7-3-1-4-8-17)12-20(19)28(36)22-14-26-25(13-21(22)27)31(39)34(32(26)40)16-18-9-5-2-6-10-18/h1-14,19-20H,15-16H2.